The van der Waals surface area contributed by atoms with E-state index in [1.807, 2.05) is 0 Å². The Hall–Kier alpha value is 0.0700. The largest absolute Gasteiger partial charge is 0.750 e. The van der Waals surface area contributed by atoms with Crippen molar-refractivity contribution in [1.82, 2.24) is 0 Å². The highest BCUT2D eigenvalue weighted by molar-refractivity contribution is 7.74. The van der Waals surface area contributed by atoms with Gasteiger partial charge in [0, 0.05) is 0 Å². The summed E-state index contributed by atoms with van der Waals surface area (Å²) in [5, 5.41) is 0. The number of hydrogen-bond acceptors (Lipinski definition) is 3. The zero-order valence-electron chi connectivity index (χ0n) is 10.6. The van der Waals surface area contributed by atoms with Crippen molar-refractivity contribution < 1.29 is 12.9 Å². The maximum absolute atomic E-state index is 10.2. The van der Waals surface area contributed by atoms with Crippen LogP contribution in [0.25, 0.3) is 0 Å². The molecule has 0 radical (unpaired) electrons. The molecule has 0 heterocycles. The highest BCUT2D eigenvalue weighted by atomic mass is 32.2. The van der Waals surface area contributed by atoms with Crippen LogP contribution in [-0.2, 0) is 15.5 Å². The van der Waals surface area contributed by atoms with Crippen LogP contribution in [0, 0.1) is 0 Å². The van der Waals surface area contributed by atoms with E-state index in [4.69, 9.17) is 0 Å². The van der Waals surface area contributed by atoms with E-state index < -0.39 is 11.4 Å². The molecule has 0 aliphatic rings. The second-order valence-electron chi connectivity index (χ2n) is 4.37. The normalized spacial score (nSPS) is 14.9. The molecule has 0 N–H and O–H groups in total. The molecular formula is C12H25O3S-. The van der Waals surface area contributed by atoms with Gasteiger partial charge in [-0.25, -0.2) is 4.21 Å². The van der Waals surface area contributed by atoms with Crippen LogP contribution in [0.3, 0.4) is 0 Å². The first-order chi connectivity index (χ1) is 7.66. The van der Waals surface area contributed by atoms with Crippen molar-refractivity contribution >= 4 is 11.4 Å². The lowest BCUT2D eigenvalue weighted by molar-refractivity contribution is 0.205. The minimum absolute atomic E-state index is 0.168. The summed E-state index contributed by atoms with van der Waals surface area (Å²) < 4.78 is 25.1. The average Bonchev–Trinajstić information content (AvgIpc) is 2.21. The molecule has 4 heteroatoms. The average molecular weight is 249 g/mol. The van der Waals surface area contributed by atoms with Crippen LogP contribution >= 0.6 is 0 Å². The van der Waals surface area contributed by atoms with Gasteiger partial charge in [-0.05, 0) is 13.3 Å². The van der Waals surface area contributed by atoms with Crippen LogP contribution in [0.15, 0.2) is 0 Å². The fourth-order valence-electron chi connectivity index (χ4n) is 1.75. The predicted octanol–water partition coefficient (Wildman–Crippen LogP) is 3.72. The minimum Gasteiger partial charge on any atom is -0.750 e. The Morgan fingerprint density at radius 2 is 1.56 bits per heavy atom. The summed E-state index contributed by atoms with van der Waals surface area (Å²) in [6.45, 7) is 4.03. The molecule has 0 aromatic carbocycles. The number of hydrogen-bond donors (Lipinski definition) is 0. The van der Waals surface area contributed by atoms with Crippen molar-refractivity contribution in [3.63, 3.8) is 0 Å². The second kappa shape index (κ2) is 11.6. The summed E-state index contributed by atoms with van der Waals surface area (Å²) in [7, 11) is 0. The zero-order valence-corrected chi connectivity index (χ0v) is 11.4. The first kappa shape index (κ1) is 16.1. The van der Waals surface area contributed by atoms with Crippen LogP contribution in [0.1, 0.15) is 71.6 Å². The summed E-state index contributed by atoms with van der Waals surface area (Å²) in [5.74, 6) is 0. The van der Waals surface area contributed by atoms with Crippen molar-refractivity contribution in [3.05, 3.63) is 0 Å². The molecule has 0 bridgehead atoms. The summed E-state index contributed by atoms with van der Waals surface area (Å²) in [4.78, 5) is 0. The molecule has 0 spiro atoms. The van der Waals surface area contributed by atoms with Gasteiger partial charge < -0.3 is 4.55 Å². The SMILES string of the molecule is CCCCCCCCCCC(C)OS(=O)[O-]. The van der Waals surface area contributed by atoms with Gasteiger partial charge in [0.1, 0.15) is 0 Å². The molecule has 0 saturated carbocycles. The topological polar surface area (TPSA) is 49.4 Å². The smallest absolute Gasteiger partial charge is 0.0844 e. The third-order valence-corrected chi connectivity index (χ3v) is 3.19. The van der Waals surface area contributed by atoms with Crippen LogP contribution in [0.5, 0.6) is 0 Å². The van der Waals surface area contributed by atoms with E-state index >= 15 is 0 Å². The first-order valence-electron chi connectivity index (χ1n) is 6.43. The van der Waals surface area contributed by atoms with Gasteiger partial charge in [0.05, 0.1) is 17.5 Å². The summed E-state index contributed by atoms with van der Waals surface area (Å²) >= 11 is -2.36. The maximum atomic E-state index is 10.2. The van der Waals surface area contributed by atoms with E-state index in [1.165, 1.54) is 44.9 Å². The van der Waals surface area contributed by atoms with Crippen LogP contribution in [-0.4, -0.2) is 14.9 Å². The molecule has 0 aromatic heterocycles. The van der Waals surface area contributed by atoms with Crippen molar-refractivity contribution in [2.45, 2.75) is 77.7 Å². The van der Waals surface area contributed by atoms with E-state index in [0.29, 0.717) is 0 Å². The Bertz CT molecular complexity index is 174. The molecule has 0 fully saturated rings. The molecule has 2 atom stereocenters. The minimum atomic E-state index is -2.36. The molecule has 0 aromatic rings. The fraction of sp³-hybridized carbons (Fsp3) is 1.00. The third-order valence-electron chi connectivity index (χ3n) is 2.71. The molecule has 0 amide bonds. The van der Waals surface area contributed by atoms with Crippen LogP contribution < -0.4 is 0 Å². The van der Waals surface area contributed by atoms with E-state index in [1.54, 1.807) is 6.92 Å². The molecule has 0 rings (SSSR count). The van der Waals surface area contributed by atoms with Crippen molar-refractivity contribution in [3.8, 4) is 0 Å². The van der Waals surface area contributed by atoms with Crippen LogP contribution in [0.2, 0.25) is 0 Å². The van der Waals surface area contributed by atoms with Gasteiger partial charge in [0.25, 0.3) is 0 Å². The molecular weight excluding hydrogens is 224 g/mol. The molecule has 16 heavy (non-hydrogen) atoms. The van der Waals surface area contributed by atoms with Gasteiger partial charge in [-0.2, -0.15) is 0 Å². The summed E-state index contributed by atoms with van der Waals surface area (Å²) in [6, 6.07) is 0. The summed E-state index contributed by atoms with van der Waals surface area (Å²) in [5.41, 5.74) is 0. The standard InChI is InChI=1S/C12H26O3S/c1-3-4-5-6-7-8-9-10-11-12(2)15-16(13)14/h12H,3-11H2,1-2H3,(H,13,14)/p-1. The Labute approximate surface area is 102 Å². The first-order valence-corrected chi connectivity index (χ1v) is 7.43. The Kier molecular flexibility index (Phi) is 11.6. The van der Waals surface area contributed by atoms with Gasteiger partial charge in [-0.15, -0.1) is 0 Å². The van der Waals surface area contributed by atoms with Crippen molar-refractivity contribution in [1.29, 1.82) is 0 Å². The van der Waals surface area contributed by atoms with E-state index in [0.717, 1.165) is 12.8 Å². The van der Waals surface area contributed by atoms with E-state index in [9.17, 15) is 8.76 Å². The van der Waals surface area contributed by atoms with E-state index in [-0.39, 0.29) is 6.10 Å². The molecule has 3 nitrogen and oxygen atoms in total. The highest BCUT2D eigenvalue weighted by Gasteiger charge is 2.01. The van der Waals surface area contributed by atoms with Gasteiger partial charge in [0.15, 0.2) is 0 Å². The molecule has 0 aliphatic carbocycles. The molecule has 0 saturated heterocycles. The Balaban J connectivity index is 3.11. The second-order valence-corrected chi connectivity index (χ2v) is 4.98. The summed E-state index contributed by atoms with van der Waals surface area (Å²) in [6.07, 6.45) is 10.8. The van der Waals surface area contributed by atoms with E-state index in [2.05, 4.69) is 11.1 Å². The lowest BCUT2D eigenvalue weighted by Gasteiger charge is -2.13. The zero-order chi connectivity index (χ0) is 12.2. The fourth-order valence-corrected chi connectivity index (χ4v) is 2.11. The molecule has 98 valence electrons. The van der Waals surface area contributed by atoms with Gasteiger partial charge in [0.2, 0.25) is 0 Å². The maximum Gasteiger partial charge on any atom is 0.0844 e. The Morgan fingerprint density at radius 3 is 2.06 bits per heavy atom. The van der Waals surface area contributed by atoms with Crippen LogP contribution in [0.4, 0.5) is 0 Å². The van der Waals surface area contributed by atoms with Gasteiger partial charge in [-0.1, -0.05) is 58.3 Å². The predicted molar refractivity (Wildman–Crippen MR) is 66.7 cm³/mol. The molecule has 2 unspecified atom stereocenters. The molecule has 0 aliphatic heterocycles. The van der Waals surface area contributed by atoms with Gasteiger partial charge in [-0.3, -0.25) is 4.18 Å². The number of unbranched alkanes of at least 4 members (excludes halogenated alkanes) is 7. The third kappa shape index (κ3) is 12.1. The monoisotopic (exact) mass is 249 g/mol. The van der Waals surface area contributed by atoms with Crippen molar-refractivity contribution in [2.24, 2.45) is 0 Å². The highest BCUT2D eigenvalue weighted by Crippen LogP contribution is 2.11. The lowest BCUT2D eigenvalue weighted by atomic mass is 10.1. The lowest BCUT2D eigenvalue weighted by Crippen LogP contribution is -2.09. The number of rotatable bonds is 11. The van der Waals surface area contributed by atoms with Crippen molar-refractivity contribution in [2.75, 3.05) is 0 Å². The quantitative estimate of drug-likeness (QED) is 0.414. The van der Waals surface area contributed by atoms with Gasteiger partial charge >= 0.3 is 0 Å². The Morgan fingerprint density at radius 1 is 1.06 bits per heavy atom.